The fraction of sp³-hybridized carbons (Fsp3) is 0.318. The molecule has 1 heterocycles. The van der Waals surface area contributed by atoms with E-state index >= 15 is 0 Å². The third-order valence-electron chi connectivity index (χ3n) is 4.57. The summed E-state index contributed by atoms with van der Waals surface area (Å²) in [4.78, 5) is 14.8. The molecule has 0 aromatic heterocycles. The van der Waals surface area contributed by atoms with Crippen LogP contribution in [0, 0.1) is 6.92 Å². The first kappa shape index (κ1) is 18.4. The largest absolute Gasteiger partial charge is 0.379 e. The fourth-order valence-corrected chi connectivity index (χ4v) is 3.03. The lowest BCUT2D eigenvalue weighted by atomic mass is 10.1. The highest BCUT2D eigenvalue weighted by atomic mass is 16.5. The highest BCUT2D eigenvalue weighted by Gasteiger charge is 2.19. The van der Waals surface area contributed by atoms with Crippen LogP contribution in [0.2, 0.25) is 0 Å². The molecule has 2 aromatic rings. The van der Waals surface area contributed by atoms with Gasteiger partial charge in [-0.25, -0.2) is 0 Å². The summed E-state index contributed by atoms with van der Waals surface area (Å²) in [6.07, 6.45) is 3.46. The van der Waals surface area contributed by atoms with Gasteiger partial charge in [0.25, 0.3) is 0 Å². The molecule has 1 atom stereocenters. The van der Waals surface area contributed by atoms with Crippen molar-refractivity contribution in [1.29, 1.82) is 0 Å². The Morgan fingerprint density at radius 1 is 1.12 bits per heavy atom. The van der Waals surface area contributed by atoms with E-state index in [0.29, 0.717) is 0 Å². The first-order valence-corrected chi connectivity index (χ1v) is 9.11. The Kier molecular flexibility index (Phi) is 6.58. The Hall–Kier alpha value is -2.43. The van der Waals surface area contributed by atoms with E-state index in [2.05, 4.69) is 29.3 Å². The Morgan fingerprint density at radius 3 is 2.50 bits per heavy atom. The summed E-state index contributed by atoms with van der Waals surface area (Å²) in [5.74, 6) is -0.0762. The van der Waals surface area contributed by atoms with E-state index in [1.807, 2.05) is 48.5 Å². The van der Waals surface area contributed by atoms with Crippen molar-refractivity contribution >= 4 is 12.0 Å². The maximum absolute atomic E-state index is 12.5. The second-order valence-corrected chi connectivity index (χ2v) is 6.63. The number of hydrogen-bond acceptors (Lipinski definition) is 3. The van der Waals surface area contributed by atoms with E-state index < -0.39 is 0 Å². The van der Waals surface area contributed by atoms with Crippen LogP contribution in [0.3, 0.4) is 0 Å². The van der Waals surface area contributed by atoms with Crippen molar-refractivity contribution in [3.63, 3.8) is 0 Å². The Morgan fingerprint density at radius 2 is 1.81 bits per heavy atom. The van der Waals surface area contributed by atoms with Gasteiger partial charge in [0.2, 0.25) is 5.91 Å². The summed E-state index contributed by atoms with van der Waals surface area (Å²) in [6, 6.07) is 18.2. The Bertz CT molecular complexity index is 720. The summed E-state index contributed by atoms with van der Waals surface area (Å²) >= 11 is 0. The zero-order valence-corrected chi connectivity index (χ0v) is 15.2. The van der Waals surface area contributed by atoms with Crippen molar-refractivity contribution in [3.8, 4) is 0 Å². The smallest absolute Gasteiger partial charge is 0.244 e. The standard InChI is InChI=1S/C22H26N2O2/c1-18-7-9-19(10-8-18)11-12-22(25)23-21(20-5-3-2-4-6-20)17-24-13-15-26-16-14-24/h2-12,21H,13-17H2,1H3,(H,23,25)/b12-11+/t21-/m0/s1. The number of aryl methyl sites for hydroxylation is 1. The number of benzene rings is 2. The zero-order valence-electron chi connectivity index (χ0n) is 15.2. The van der Waals surface area contributed by atoms with Crippen LogP contribution in [-0.4, -0.2) is 43.7 Å². The monoisotopic (exact) mass is 350 g/mol. The highest BCUT2D eigenvalue weighted by molar-refractivity contribution is 5.92. The number of rotatable bonds is 6. The normalized spacial score (nSPS) is 16.5. The molecule has 2 aromatic carbocycles. The molecule has 4 nitrogen and oxygen atoms in total. The van der Waals surface area contributed by atoms with Crippen LogP contribution in [0.25, 0.3) is 6.08 Å². The van der Waals surface area contributed by atoms with Gasteiger partial charge in [-0.2, -0.15) is 0 Å². The summed E-state index contributed by atoms with van der Waals surface area (Å²) < 4.78 is 5.42. The molecule has 0 bridgehead atoms. The number of carbonyl (C=O) groups is 1. The van der Waals surface area contributed by atoms with Crippen molar-refractivity contribution in [3.05, 3.63) is 77.4 Å². The molecule has 0 saturated carbocycles. The molecule has 1 fully saturated rings. The van der Waals surface area contributed by atoms with E-state index in [0.717, 1.165) is 44.0 Å². The minimum atomic E-state index is -0.0762. The Balaban J connectivity index is 1.66. The molecule has 0 unspecified atom stereocenters. The molecule has 26 heavy (non-hydrogen) atoms. The number of nitrogens with one attached hydrogen (secondary N) is 1. The first-order valence-electron chi connectivity index (χ1n) is 9.11. The van der Waals surface area contributed by atoms with Crippen LogP contribution >= 0.6 is 0 Å². The number of nitrogens with zero attached hydrogens (tertiary/aromatic N) is 1. The number of morpholine rings is 1. The summed E-state index contributed by atoms with van der Waals surface area (Å²) in [5, 5.41) is 3.15. The molecule has 1 N–H and O–H groups in total. The van der Waals surface area contributed by atoms with Crippen LogP contribution in [-0.2, 0) is 9.53 Å². The van der Waals surface area contributed by atoms with Crippen molar-refractivity contribution in [2.24, 2.45) is 0 Å². The second kappa shape index (κ2) is 9.32. The molecule has 1 amide bonds. The van der Waals surface area contributed by atoms with Crippen molar-refractivity contribution in [2.45, 2.75) is 13.0 Å². The molecule has 1 aliphatic heterocycles. The molecule has 3 rings (SSSR count). The summed E-state index contributed by atoms with van der Waals surface area (Å²) in [7, 11) is 0. The average Bonchev–Trinajstić information content (AvgIpc) is 2.68. The van der Waals surface area contributed by atoms with Gasteiger partial charge >= 0.3 is 0 Å². The number of amides is 1. The van der Waals surface area contributed by atoms with Crippen LogP contribution in [0.15, 0.2) is 60.7 Å². The lowest BCUT2D eigenvalue weighted by Gasteiger charge is -2.31. The van der Waals surface area contributed by atoms with Crippen molar-refractivity contribution in [1.82, 2.24) is 10.2 Å². The minimum Gasteiger partial charge on any atom is -0.379 e. The zero-order chi connectivity index (χ0) is 18.2. The van der Waals surface area contributed by atoms with Gasteiger partial charge in [0.05, 0.1) is 19.3 Å². The lowest BCUT2D eigenvalue weighted by Crippen LogP contribution is -2.42. The van der Waals surface area contributed by atoms with Crippen molar-refractivity contribution in [2.75, 3.05) is 32.8 Å². The second-order valence-electron chi connectivity index (χ2n) is 6.63. The molecule has 1 saturated heterocycles. The SMILES string of the molecule is Cc1ccc(/C=C/C(=O)N[C@@H](CN2CCOCC2)c2ccccc2)cc1. The molecule has 0 spiro atoms. The van der Waals surface area contributed by atoms with E-state index in [4.69, 9.17) is 4.74 Å². The van der Waals surface area contributed by atoms with Crippen molar-refractivity contribution < 1.29 is 9.53 Å². The van der Waals surface area contributed by atoms with Crippen LogP contribution in [0.4, 0.5) is 0 Å². The van der Waals surface area contributed by atoms with Crippen LogP contribution < -0.4 is 5.32 Å². The molecule has 0 aliphatic carbocycles. The summed E-state index contributed by atoms with van der Waals surface area (Å²) in [6.45, 7) is 6.15. The third kappa shape index (κ3) is 5.55. The van der Waals surface area contributed by atoms with Gasteiger partial charge in [0.1, 0.15) is 0 Å². The maximum Gasteiger partial charge on any atom is 0.244 e. The number of carbonyl (C=O) groups excluding carboxylic acids is 1. The first-order chi connectivity index (χ1) is 12.7. The molecular weight excluding hydrogens is 324 g/mol. The van der Waals surface area contributed by atoms with E-state index in [1.54, 1.807) is 6.08 Å². The average molecular weight is 350 g/mol. The van der Waals surface area contributed by atoms with Gasteiger partial charge in [0, 0.05) is 25.7 Å². The molecule has 1 aliphatic rings. The predicted molar refractivity (Wildman–Crippen MR) is 105 cm³/mol. The topological polar surface area (TPSA) is 41.6 Å². The molecule has 136 valence electrons. The Labute approximate surface area is 155 Å². The van der Waals surface area contributed by atoms with Gasteiger partial charge in [-0.3, -0.25) is 9.69 Å². The third-order valence-corrected chi connectivity index (χ3v) is 4.57. The lowest BCUT2D eigenvalue weighted by molar-refractivity contribution is -0.117. The van der Waals surface area contributed by atoms with Gasteiger partial charge < -0.3 is 10.1 Å². The van der Waals surface area contributed by atoms with E-state index in [-0.39, 0.29) is 11.9 Å². The van der Waals surface area contributed by atoms with E-state index in [9.17, 15) is 4.79 Å². The van der Waals surface area contributed by atoms with E-state index in [1.165, 1.54) is 5.56 Å². The van der Waals surface area contributed by atoms with Gasteiger partial charge in [0.15, 0.2) is 0 Å². The molecule has 0 radical (unpaired) electrons. The molecule has 4 heteroatoms. The number of hydrogen-bond donors (Lipinski definition) is 1. The maximum atomic E-state index is 12.5. The van der Waals surface area contributed by atoms with Crippen LogP contribution in [0.1, 0.15) is 22.7 Å². The number of ether oxygens (including phenoxy) is 1. The predicted octanol–water partition coefficient (Wildman–Crippen LogP) is 3.20. The quantitative estimate of drug-likeness (QED) is 0.814. The van der Waals surface area contributed by atoms with Gasteiger partial charge in [-0.15, -0.1) is 0 Å². The minimum absolute atomic E-state index is 0.0375. The van der Waals surface area contributed by atoms with Gasteiger partial charge in [-0.1, -0.05) is 60.2 Å². The highest BCUT2D eigenvalue weighted by Crippen LogP contribution is 2.15. The van der Waals surface area contributed by atoms with Crippen LogP contribution in [0.5, 0.6) is 0 Å². The summed E-state index contributed by atoms with van der Waals surface area (Å²) in [5.41, 5.74) is 3.35. The fourth-order valence-electron chi connectivity index (χ4n) is 3.03. The molecular formula is C22H26N2O2. The van der Waals surface area contributed by atoms with Gasteiger partial charge in [-0.05, 0) is 24.1 Å².